The number of hydrogen-bond acceptors (Lipinski definition) is 3. The molecule has 1 atom stereocenters. The third-order valence-corrected chi connectivity index (χ3v) is 3.34. The highest BCUT2D eigenvalue weighted by Gasteiger charge is 2.19. The molecular formula is C18H19NO3. The maximum atomic E-state index is 12.1. The lowest BCUT2D eigenvalue weighted by Crippen LogP contribution is -2.30. The van der Waals surface area contributed by atoms with Crippen molar-refractivity contribution in [2.45, 2.75) is 26.9 Å². The summed E-state index contributed by atoms with van der Waals surface area (Å²) in [4.78, 5) is 24.1. The molecule has 2 rings (SSSR count). The number of amides is 1. The normalized spacial score (nSPS) is 11.6. The molecule has 0 heterocycles. The lowest BCUT2D eigenvalue weighted by atomic mass is 10.1. The fraction of sp³-hybridized carbons (Fsp3) is 0.222. The summed E-state index contributed by atoms with van der Waals surface area (Å²) in [5.41, 5.74) is 3.07. The van der Waals surface area contributed by atoms with E-state index in [-0.39, 0.29) is 5.91 Å². The molecule has 2 aromatic rings. The first-order valence-electron chi connectivity index (χ1n) is 7.11. The van der Waals surface area contributed by atoms with Gasteiger partial charge in [-0.25, -0.2) is 4.79 Å². The standard InChI is InChI=1S/C18H19NO3/c1-12-8-10-15(11-9-12)19-17(20)14(3)22-18(21)16-7-5-4-6-13(16)2/h4-11,14H,1-3H3,(H,19,20)/t14-/m1/s1. The predicted octanol–water partition coefficient (Wildman–Crippen LogP) is 3.49. The Morgan fingerprint density at radius 1 is 1.00 bits per heavy atom. The van der Waals surface area contributed by atoms with Gasteiger partial charge in [-0.05, 0) is 44.5 Å². The van der Waals surface area contributed by atoms with Gasteiger partial charge in [-0.1, -0.05) is 35.9 Å². The van der Waals surface area contributed by atoms with Crippen molar-refractivity contribution < 1.29 is 14.3 Å². The Labute approximate surface area is 130 Å². The van der Waals surface area contributed by atoms with Gasteiger partial charge in [0, 0.05) is 5.69 Å². The average molecular weight is 297 g/mol. The van der Waals surface area contributed by atoms with Crippen LogP contribution in [-0.4, -0.2) is 18.0 Å². The molecule has 1 amide bonds. The highest BCUT2D eigenvalue weighted by Crippen LogP contribution is 2.12. The number of benzene rings is 2. The van der Waals surface area contributed by atoms with Crippen molar-refractivity contribution in [3.8, 4) is 0 Å². The van der Waals surface area contributed by atoms with Gasteiger partial charge in [0.1, 0.15) is 0 Å². The largest absolute Gasteiger partial charge is 0.449 e. The van der Waals surface area contributed by atoms with E-state index in [1.54, 1.807) is 19.1 Å². The van der Waals surface area contributed by atoms with Gasteiger partial charge < -0.3 is 10.1 Å². The van der Waals surface area contributed by atoms with Crippen LogP contribution in [0.15, 0.2) is 48.5 Å². The Hall–Kier alpha value is -2.62. The van der Waals surface area contributed by atoms with Crippen LogP contribution in [-0.2, 0) is 9.53 Å². The number of hydrogen-bond donors (Lipinski definition) is 1. The number of carbonyl (C=O) groups excluding carboxylic acids is 2. The molecule has 0 aromatic heterocycles. The summed E-state index contributed by atoms with van der Waals surface area (Å²) in [5, 5.41) is 2.72. The third-order valence-electron chi connectivity index (χ3n) is 3.34. The van der Waals surface area contributed by atoms with E-state index >= 15 is 0 Å². The van der Waals surface area contributed by atoms with Crippen LogP contribution in [0.25, 0.3) is 0 Å². The molecule has 2 aromatic carbocycles. The second-order valence-corrected chi connectivity index (χ2v) is 5.22. The predicted molar refractivity (Wildman–Crippen MR) is 85.9 cm³/mol. The van der Waals surface area contributed by atoms with Crippen molar-refractivity contribution in [1.82, 2.24) is 0 Å². The van der Waals surface area contributed by atoms with Crippen LogP contribution < -0.4 is 5.32 Å². The number of esters is 1. The van der Waals surface area contributed by atoms with Gasteiger partial charge in [0.15, 0.2) is 6.10 Å². The second-order valence-electron chi connectivity index (χ2n) is 5.22. The highest BCUT2D eigenvalue weighted by atomic mass is 16.5. The van der Waals surface area contributed by atoms with Crippen LogP contribution >= 0.6 is 0 Å². The summed E-state index contributed by atoms with van der Waals surface area (Å²) in [6.45, 7) is 5.35. The summed E-state index contributed by atoms with van der Waals surface area (Å²) >= 11 is 0. The molecule has 4 nitrogen and oxygen atoms in total. The van der Waals surface area contributed by atoms with E-state index in [1.165, 1.54) is 0 Å². The van der Waals surface area contributed by atoms with Crippen LogP contribution in [0.4, 0.5) is 5.69 Å². The number of aryl methyl sites for hydroxylation is 2. The fourth-order valence-electron chi connectivity index (χ4n) is 1.96. The van der Waals surface area contributed by atoms with Crippen LogP contribution in [0.2, 0.25) is 0 Å². The Kier molecular flexibility index (Phi) is 4.94. The molecule has 22 heavy (non-hydrogen) atoms. The zero-order valence-corrected chi connectivity index (χ0v) is 12.9. The summed E-state index contributed by atoms with van der Waals surface area (Å²) in [6.07, 6.45) is -0.867. The Balaban J connectivity index is 1.98. The zero-order chi connectivity index (χ0) is 16.1. The van der Waals surface area contributed by atoms with Gasteiger partial charge in [-0.3, -0.25) is 4.79 Å². The summed E-state index contributed by atoms with van der Waals surface area (Å²) in [7, 11) is 0. The van der Waals surface area contributed by atoms with Crippen LogP contribution in [0.5, 0.6) is 0 Å². The van der Waals surface area contributed by atoms with Gasteiger partial charge in [0.2, 0.25) is 0 Å². The molecule has 0 aliphatic heterocycles. The molecule has 0 saturated heterocycles. The first-order chi connectivity index (χ1) is 10.5. The minimum absolute atomic E-state index is 0.356. The quantitative estimate of drug-likeness (QED) is 0.879. The van der Waals surface area contributed by atoms with Gasteiger partial charge >= 0.3 is 5.97 Å². The van der Waals surface area contributed by atoms with E-state index in [0.29, 0.717) is 11.3 Å². The van der Waals surface area contributed by atoms with Gasteiger partial charge in [0.25, 0.3) is 5.91 Å². The lowest BCUT2D eigenvalue weighted by Gasteiger charge is -2.14. The van der Waals surface area contributed by atoms with Crippen molar-refractivity contribution in [2.75, 3.05) is 5.32 Å². The topological polar surface area (TPSA) is 55.4 Å². The first kappa shape index (κ1) is 15.8. The molecule has 0 radical (unpaired) electrons. The molecule has 1 N–H and O–H groups in total. The number of ether oxygens (including phenoxy) is 1. The molecule has 4 heteroatoms. The second kappa shape index (κ2) is 6.89. The molecule has 0 aliphatic rings. The number of anilines is 1. The minimum Gasteiger partial charge on any atom is -0.449 e. The monoisotopic (exact) mass is 297 g/mol. The van der Waals surface area contributed by atoms with E-state index < -0.39 is 12.1 Å². The number of rotatable bonds is 4. The molecule has 114 valence electrons. The Bertz CT molecular complexity index is 677. The van der Waals surface area contributed by atoms with Gasteiger partial charge in [-0.15, -0.1) is 0 Å². The SMILES string of the molecule is Cc1ccc(NC(=O)[C@@H](C)OC(=O)c2ccccc2C)cc1. The van der Waals surface area contributed by atoms with Crippen LogP contribution in [0, 0.1) is 13.8 Å². The average Bonchev–Trinajstić information content (AvgIpc) is 2.49. The Morgan fingerprint density at radius 3 is 2.27 bits per heavy atom. The highest BCUT2D eigenvalue weighted by molar-refractivity contribution is 5.97. The molecule has 0 bridgehead atoms. The fourth-order valence-corrected chi connectivity index (χ4v) is 1.96. The molecule has 0 unspecified atom stereocenters. The van der Waals surface area contributed by atoms with Crippen molar-refractivity contribution in [3.63, 3.8) is 0 Å². The summed E-state index contributed by atoms with van der Waals surface area (Å²) in [6, 6.07) is 14.5. The number of nitrogens with one attached hydrogen (secondary N) is 1. The van der Waals surface area contributed by atoms with Gasteiger partial charge in [-0.2, -0.15) is 0 Å². The van der Waals surface area contributed by atoms with Crippen molar-refractivity contribution in [3.05, 3.63) is 65.2 Å². The van der Waals surface area contributed by atoms with E-state index in [4.69, 9.17) is 4.74 Å². The van der Waals surface area contributed by atoms with E-state index in [1.807, 2.05) is 50.2 Å². The van der Waals surface area contributed by atoms with Crippen molar-refractivity contribution >= 4 is 17.6 Å². The van der Waals surface area contributed by atoms with E-state index in [9.17, 15) is 9.59 Å². The van der Waals surface area contributed by atoms with Crippen LogP contribution in [0.3, 0.4) is 0 Å². The summed E-state index contributed by atoms with van der Waals surface area (Å²) < 4.78 is 5.22. The lowest BCUT2D eigenvalue weighted by molar-refractivity contribution is -0.123. The molecule has 0 aliphatic carbocycles. The molecular weight excluding hydrogens is 278 g/mol. The third kappa shape index (κ3) is 3.95. The smallest absolute Gasteiger partial charge is 0.339 e. The van der Waals surface area contributed by atoms with Crippen LogP contribution in [0.1, 0.15) is 28.4 Å². The van der Waals surface area contributed by atoms with E-state index in [0.717, 1.165) is 11.1 Å². The van der Waals surface area contributed by atoms with Gasteiger partial charge in [0.05, 0.1) is 5.56 Å². The zero-order valence-electron chi connectivity index (χ0n) is 12.9. The molecule has 0 saturated carbocycles. The maximum absolute atomic E-state index is 12.1. The van der Waals surface area contributed by atoms with E-state index in [2.05, 4.69) is 5.32 Å². The molecule has 0 fully saturated rings. The van der Waals surface area contributed by atoms with Crippen molar-refractivity contribution in [2.24, 2.45) is 0 Å². The minimum atomic E-state index is -0.867. The summed E-state index contributed by atoms with van der Waals surface area (Å²) in [5.74, 6) is -0.851. The first-order valence-corrected chi connectivity index (χ1v) is 7.11. The maximum Gasteiger partial charge on any atom is 0.339 e. The Morgan fingerprint density at radius 2 is 1.64 bits per heavy atom. The molecule has 0 spiro atoms. The number of carbonyl (C=O) groups is 2. The van der Waals surface area contributed by atoms with Crippen molar-refractivity contribution in [1.29, 1.82) is 0 Å².